The van der Waals surface area contributed by atoms with Gasteiger partial charge < -0.3 is 10.2 Å². The van der Waals surface area contributed by atoms with Gasteiger partial charge in [0.25, 0.3) is 6.01 Å². The van der Waals surface area contributed by atoms with Crippen LogP contribution in [0.15, 0.2) is 16.5 Å². The maximum Gasteiger partial charge on any atom is 0.292 e. The standard InChI is InChI=1S/C8H7FN2O/c1-4-5(9)2-3-6-7(4)11-8(10)12-6/h2-3H,1H3,(H2,10,11). The van der Waals surface area contributed by atoms with Crippen LogP contribution < -0.4 is 5.73 Å². The average molecular weight is 166 g/mol. The van der Waals surface area contributed by atoms with Crippen molar-refractivity contribution in [2.45, 2.75) is 6.92 Å². The number of nitrogens with two attached hydrogens (primary N) is 1. The molecule has 1 aromatic heterocycles. The summed E-state index contributed by atoms with van der Waals surface area (Å²) in [4.78, 5) is 3.84. The summed E-state index contributed by atoms with van der Waals surface area (Å²) in [7, 11) is 0. The smallest absolute Gasteiger partial charge is 0.292 e. The minimum atomic E-state index is -0.296. The Hall–Kier alpha value is -1.58. The van der Waals surface area contributed by atoms with E-state index < -0.39 is 0 Å². The molecule has 0 saturated heterocycles. The molecule has 0 radical (unpaired) electrons. The Labute approximate surface area is 68.0 Å². The van der Waals surface area contributed by atoms with Crippen LogP contribution in [0.25, 0.3) is 11.1 Å². The Bertz CT molecular complexity index is 436. The molecule has 0 bridgehead atoms. The summed E-state index contributed by atoms with van der Waals surface area (Å²) in [5.41, 5.74) is 6.79. The number of benzene rings is 1. The minimum absolute atomic E-state index is 0.0682. The molecule has 0 amide bonds. The molecule has 1 aromatic carbocycles. The number of anilines is 1. The fourth-order valence-corrected chi connectivity index (χ4v) is 1.12. The van der Waals surface area contributed by atoms with Gasteiger partial charge in [0.15, 0.2) is 5.58 Å². The fraction of sp³-hybridized carbons (Fsp3) is 0.125. The van der Waals surface area contributed by atoms with Gasteiger partial charge in [-0.05, 0) is 19.1 Å². The summed E-state index contributed by atoms with van der Waals surface area (Å²) in [5.74, 6) is -0.296. The minimum Gasteiger partial charge on any atom is -0.424 e. The first kappa shape index (κ1) is 7.09. The summed E-state index contributed by atoms with van der Waals surface area (Å²) in [6.07, 6.45) is 0. The maximum atomic E-state index is 12.9. The molecule has 0 spiro atoms. The lowest BCUT2D eigenvalue weighted by molar-refractivity contribution is 0.613. The topological polar surface area (TPSA) is 52.0 Å². The summed E-state index contributed by atoms with van der Waals surface area (Å²) < 4.78 is 17.9. The Kier molecular flexibility index (Phi) is 1.30. The van der Waals surface area contributed by atoms with Gasteiger partial charge in [-0.2, -0.15) is 4.98 Å². The quantitative estimate of drug-likeness (QED) is 0.649. The van der Waals surface area contributed by atoms with Gasteiger partial charge in [0.2, 0.25) is 0 Å². The van der Waals surface area contributed by atoms with Crippen LogP contribution in [0.3, 0.4) is 0 Å². The first-order valence-corrected chi connectivity index (χ1v) is 3.49. The second-order valence-electron chi connectivity index (χ2n) is 2.57. The van der Waals surface area contributed by atoms with Crippen LogP contribution in [-0.2, 0) is 0 Å². The molecule has 0 atom stereocenters. The molecule has 2 N–H and O–H groups in total. The Morgan fingerprint density at radius 2 is 2.25 bits per heavy atom. The lowest BCUT2D eigenvalue weighted by Gasteiger charge is -1.93. The Balaban J connectivity index is 2.89. The SMILES string of the molecule is Cc1c(F)ccc2oc(N)nc12. The maximum absolute atomic E-state index is 12.9. The molecule has 62 valence electrons. The van der Waals surface area contributed by atoms with E-state index in [1.807, 2.05) is 0 Å². The van der Waals surface area contributed by atoms with Crippen LogP contribution in [0, 0.1) is 12.7 Å². The van der Waals surface area contributed by atoms with Gasteiger partial charge in [-0.25, -0.2) is 4.39 Å². The zero-order chi connectivity index (χ0) is 8.72. The van der Waals surface area contributed by atoms with Gasteiger partial charge in [0.1, 0.15) is 11.3 Å². The Morgan fingerprint density at radius 1 is 1.50 bits per heavy atom. The number of nitrogen functional groups attached to an aromatic ring is 1. The second-order valence-corrected chi connectivity index (χ2v) is 2.57. The summed E-state index contributed by atoms with van der Waals surface area (Å²) in [6, 6.07) is 2.92. The molecule has 4 heteroatoms. The lowest BCUT2D eigenvalue weighted by Crippen LogP contribution is -1.84. The number of nitrogens with zero attached hydrogens (tertiary/aromatic N) is 1. The molecule has 2 rings (SSSR count). The number of fused-ring (bicyclic) bond motifs is 1. The van der Waals surface area contributed by atoms with Crippen molar-refractivity contribution in [3.63, 3.8) is 0 Å². The number of hydrogen-bond donors (Lipinski definition) is 1. The molecule has 1 heterocycles. The molecular formula is C8H7FN2O. The van der Waals surface area contributed by atoms with Crippen molar-refractivity contribution in [1.29, 1.82) is 0 Å². The van der Waals surface area contributed by atoms with E-state index >= 15 is 0 Å². The number of rotatable bonds is 0. The van der Waals surface area contributed by atoms with E-state index in [0.29, 0.717) is 16.7 Å². The predicted octanol–water partition coefficient (Wildman–Crippen LogP) is 1.86. The van der Waals surface area contributed by atoms with E-state index in [-0.39, 0.29) is 11.8 Å². The van der Waals surface area contributed by atoms with Crippen molar-refractivity contribution >= 4 is 17.1 Å². The number of hydrogen-bond acceptors (Lipinski definition) is 3. The highest BCUT2D eigenvalue weighted by Gasteiger charge is 2.08. The van der Waals surface area contributed by atoms with E-state index in [2.05, 4.69) is 4.98 Å². The van der Waals surface area contributed by atoms with Crippen molar-refractivity contribution in [3.05, 3.63) is 23.5 Å². The Morgan fingerprint density at radius 3 is 3.00 bits per heavy atom. The van der Waals surface area contributed by atoms with Crippen molar-refractivity contribution < 1.29 is 8.81 Å². The van der Waals surface area contributed by atoms with Gasteiger partial charge in [-0.1, -0.05) is 0 Å². The van der Waals surface area contributed by atoms with Gasteiger partial charge in [-0.3, -0.25) is 0 Å². The molecule has 0 aliphatic rings. The molecular weight excluding hydrogens is 159 g/mol. The van der Waals surface area contributed by atoms with E-state index in [4.69, 9.17) is 10.2 Å². The third kappa shape index (κ3) is 0.845. The largest absolute Gasteiger partial charge is 0.424 e. The van der Waals surface area contributed by atoms with E-state index in [9.17, 15) is 4.39 Å². The van der Waals surface area contributed by atoms with Crippen molar-refractivity contribution in [2.75, 3.05) is 5.73 Å². The normalized spacial score (nSPS) is 10.8. The average Bonchev–Trinajstić information content (AvgIpc) is 2.39. The summed E-state index contributed by atoms with van der Waals surface area (Å²) >= 11 is 0. The van der Waals surface area contributed by atoms with Crippen LogP contribution in [0.4, 0.5) is 10.4 Å². The van der Waals surface area contributed by atoms with Gasteiger partial charge >= 0.3 is 0 Å². The highest BCUT2D eigenvalue weighted by atomic mass is 19.1. The molecule has 0 aliphatic heterocycles. The first-order chi connectivity index (χ1) is 5.68. The number of oxazole rings is 1. The first-order valence-electron chi connectivity index (χ1n) is 3.49. The van der Waals surface area contributed by atoms with Gasteiger partial charge in [0.05, 0.1) is 0 Å². The lowest BCUT2D eigenvalue weighted by atomic mass is 10.2. The second kappa shape index (κ2) is 2.20. The monoisotopic (exact) mass is 166 g/mol. The van der Waals surface area contributed by atoms with Crippen LogP contribution in [0.2, 0.25) is 0 Å². The summed E-state index contributed by atoms with van der Waals surface area (Å²) in [5, 5.41) is 0. The highest BCUT2D eigenvalue weighted by molar-refractivity contribution is 5.77. The highest BCUT2D eigenvalue weighted by Crippen LogP contribution is 2.21. The third-order valence-corrected chi connectivity index (χ3v) is 1.76. The predicted molar refractivity (Wildman–Crippen MR) is 43.1 cm³/mol. The summed E-state index contributed by atoms with van der Waals surface area (Å²) in [6.45, 7) is 1.64. The van der Waals surface area contributed by atoms with Crippen molar-refractivity contribution in [1.82, 2.24) is 4.98 Å². The van der Waals surface area contributed by atoms with E-state index in [0.717, 1.165) is 0 Å². The molecule has 0 unspecified atom stereocenters. The van der Waals surface area contributed by atoms with Gasteiger partial charge in [0, 0.05) is 5.56 Å². The number of aryl methyl sites for hydroxylation is 1. The molecule has 12 heavy (non-hydrogen) atoms. The number of halogens is 1. The molecule has 0 fully saturated rings. The molecule has 0 aliphatic carbocycles. The van der Waals surface area contributed by atoms with E-state index in [1.54, 1.807) is 6.92 Å². The molecule has 0 saturated carbocycles. The zero-order valence-corrected chi connectivity index (χ0v) is 6.47. The van der Waals surface area contributed by atoms with Crippen molar-refractivity contribution in [2.24, 2.45) is 0 Å². The third-order valence-electron chi connectivity index (χ3n) is 1.76. The van der Waals surface area contributed by atoms with Crippen LogP contribution >= 0.6 is 0 Å². The van der Waals surface area contributed by atoms with Crippen molar-refractivity contribution in [3.8, 4) is 0 Å². The number of aromatic nitrogens is 1. The van der Waals surface area contributed by atoms with Gasteiger partial charge in [-0.15, -0.1) is 0 Å². The zero-order valence-electron chi connectivity index (χ0n) is 6.47. The molecule has 3 nitrogen and oxygen atoms in total. The van der Waals surface area contributed by atoms with Crippen LogP contribution in [0.1, 0.15) is 5.56 Å². The van der Waals surface area contributed by atoms with Crippen LogP contribution in [0.5, 0.6) is 0 Å². The van der Waals surface area contributed by atoms with Crippen LogP contribution in [-0.4, -0.2) is 4.98 Å². The fourth-order valence-electron chi connectivity index (χ4n) is 1.12. The van der Waals surface area contributed by atoms with E-state index in [1.165, 1.54) is 12.1 Å². The molecule has 2 aromatic rings.